The van der Waals surface area contributed by atoms with Crippen molar-refractivity contribution in [2.75, 3.05) is 13.7 Å². The highest BCUT2D eigenvalue weighted by Crippen LogP contribution is 2.34. The molecule has 4 heteroatoms. The zero-order valence-corrected chi connectivity index (χ0v) is 15.3. The Morgan fingerprint density at radius 3 is 2.40 bits per heavy atom. The molecule has 0 bridgehead atoms. The number of ether oxygens (including phenoxy) is 1. The van der Waals surface area contributed by atoms with Gasteiger partial charge in [0, 0.05) is 36.3 Å². The number of aromatic nitrogens is 2. The fraction of sp³-hybridized carbons (Fsp3) is 0.286. The molecule has 130 valence electrons. The molecule has 0 saturated heterocycles. The van der Waals surface area contributed by atoms with Gasteiger partial charge in [0.2, 0.25) is 0 Å². The molecular weight excluding hydrogens is 310 g/mol. The first-order chi connectivity index (χ1) is 12.0. The second kappa shape index (κ2) is 7.11. The van der Waals surface area contributed by atoms with Crippen LogP contribution in [0.1, 0.15) is 28.3 Å². The summed E-state index contributed by atoms with van der Waals surface area (Å²) in [7, 11) is 3.68. The van der Waals surface area contributed by atoms with E-state index in [1.54, 1.807) is 7.11 Å². The highest BCUT2D eigenvalue weighted by Gasteiger charge is 2.22. The van der Waals surface area contributed by atoms with Crippen molar-refractivity contribution in [2.45, 2.75) is 19.8 Å². The molecule has 3 rings (SSSR count). The van der Waals surface area contributed by atoms with E-state index in [4.69, 9.17) is 15.6 Å². The van der Waals surface area contributed by atoms with Gasteiger partial charge in [0.1, 0.15) is 5.75 Å². The van der Waals surface area contributed by atoms with Crippen molar-refractivity contribution in [3.63, 3.8) is 0 Å². The summed E-state index contributed by atoms with van der Waals surface area (Å²) < 4.78 is 7.56. The fourth-order valence-electron chi connectivity index (χ4n) is 3.23. The van der Waals surface area contributed by atoms with E-state index in [2.05, 4.69) is 44.2 Å². The Kier molecular flexibility index (Phi) is 4.91. The highest BCUT2D eigenvalue weighted by molar-refractivity contribution is 5.60. The molecule has 1 unspecified atom stereocenters. The Balaban J connectivity index is 2.08. The summed E-state index contributed by atoms with van der Waals surface area (Å²) in [6.07, 6.45) is 0. The molecule has 0 aliphatic rings. The molecular formula is C21H25N3O. The van der Waals surface area contributed by atoms with E-state index < -0.39 is 0 Å². The zero-order chi connectivity index (χ0) is 18.0. The predicted octanol–water partition coefficient (Wildman–Crippen LogP) is 3.80. The van der Waals surface area contributed by atoms with Gasteiger partial charge < -0.3 is 10.5 Å². The van der Waals surface area contributed by atoms with Crippen LogP contribution in [0.2, 0.25) is 0 Å². The summed E-state index contributed by atoms with van der Waals surface area (Å²) in [5.41, 5.74) is 12.9. The molecule has 0 spiro atoms. The van der Waals surface area contributed by atoms with Crippen LogP contribution in [0.3, 0.4) is 0 Å². The lowest BCUT2D eigenvalue weighted by Crippen LogP contribution is -2.18. The number of nitrogens with zero attached hydrogens (tertiary/aromatic N) is 2. The van der Waals surface area contributed by atoms with Crippen molar-refractivity contribution in [1.29, 1.82) is 0 Å². The summed E-state index contributed by atoms with van der Waals surface area (Å²) in [5, 5.41) is 4.69. The van der Waals surface area contributed by atoms with Gasteiger partial charge in [0.05, 0.1) is 12.8 Å². The van der Waals surface area contributed by atoms with Crippen molar-refractivity contribution in [1.82, 2.24) is 9.78 Å². The molecule has 0 aliphatic carbocycles. The van der Waals surface area contributed by atoms with Gasteiger partial charge in [-0.1, -0.05) is 36.4 Å². The molecule has 1 aromatic heterocycles. The van der Waals surface area contributed by atoms with Gasteiger partial charge in [0.25, 0.3) is 0 Å². The molecule has 4 nitrogen and oxygen atoms in total. The molecule has 0 radical (unpaired) electrons. The van der Waals surface area contributed by atoms with Crippen LogP contribution in [0, 0.1) is 13.8 Å². The van der Waals surface area contributed by atoms with Crippen LogP contribution in [-0.4, -0.2) is 23.4 Å². The molecule has 25 heavy (non-hydrogen) atoms. The number of methoxy groups -OCH3 is 1. The molecule has 1 atom stereocenters. The average molecular weight is 335 g/mol. The summed E-state index contributed by atoms with van der Waals surface area (Å²) in [6, 6.07) is 16.6. The summed E-state index contributed by atoms with van der Waals surface area (Å²) in [5.74, 6) is 0.908. The van der Waals surface area contributed by atoms with Crippen molar-refractivity contribution >= 4 is 0 Å². The van der Waals surface area contributed by atoms with Gasteiger partial charge in [-0.3, -0.25) is 4.68 Å². The lowest BCUT2D eigenvalue weighted by atomic mass is 9.91. The standard InChI is InChI=1S/C21H25N3O/c1-14-10-17(21(25-4)11-15(14)2)18(13-22)20-12-19(23-24(20)3)16-8-6-5-7-9-16/h5-12,18H,13,22H2,1-4H3. The maximum Gasteiger partial charge on any atom is 0.123 e. The summed E-state index contributed by atoms with van der Waals surface area (Å²) >= 11 is 0. The lowest BCUT2D eigenvalue weighted by Gasteiger charge is -2.20. The fourth-order valence-corrected chi connectivity index (χ4v) is 3.23. The Morgan fingerprint density at radius 1 is 1.08 bits per heavy atom. The largest absolute Gasteiger partial charge is 0.496 e. The van der Waals surface area contributed by atoms with Crippen LogP contribution in [0.25, 0.3) is 11.3 Å². The molecule has 1 heterocycles. The predicted molar refractivity (Wildman–Crippen MR) is 102 cm³/mol. The minimum absolute atomic E-state index is 0.0317. The molecule has 2 aromatic carbocycles. The van der Waals surface area contributed by atoms with Crippen LogP contribution >= 0.6 is 0 Å². The van der Waals surface area contributed by atoms with Gasteiger partial charge >= 0.3 is 0 Å². The van der Waals surface area contributed by atoms with Gasteiger partial charge in [-0.05, 0) is 37.1 Å². The van der Waals surface area contributed by atoms with Crippen molar-refractivity contribution in [2.24, 2.45) is 12.8 Å². The second-order valence-corrected chi connectivity index (χ2v) is 6.41. The van der Waals surface area contributed by atoms with Crippen molar-refractivity contribution in [3.8, 4) is 17.0 Å². The van der Waals surface area contributed by atoms with Crippen LogP contribution in [-0.2, 0) is 7.05 Å². The Hall–Kier alpha value is -2.59. The topological polar surface area (TPSA) is 53.1 Å². The van der Waals surface area contributed by atoms with E-state index in [0.29, 0.717) is 6.54 Å². The maximum absolute atomic E-state index is 6.17. The number of benzene rings is 2. The van der Waals surface area contributed by atoms with E-state index in [1.807, 2.05) is 29.9 Å². The van der Waals surface area contributed by atoms with Crippen LogP contribution in [0.15, 0.2) is 48.5 Å². The molecule has 0 aliphatic heterocycles. The van der Waals surface area contributed by atoms with Gasteiger partial charge in [0.15, 0.2) is 0 Å². The number of hydrogen-bond acceptors (Lipinski definition) is 3. The van der Waals surface area contributed by atoms with Crippen LogP contribution in [0.4, 0.5) is 0 Å². The van der Waals surface area contributed by atoms with Gasteiger partial charge in [-0.2, -0.15) is 5.10 Å². The van der Waals surface area contributed by atoms with Crippen molar-refractivity contribution < 1.29 is 4.74 Å². The molecule has 2 N–H and O–H groups in total. The number of rotatable bonds is 5. The third-order valence-corrected chi connectivity index (χ3v) is 4.80. The molecule has 0 saturated carbocycles. The SMILES string of the molecule is COc1cc(C)c(C)cc1C(CN)c1cc(-c2ccccc2)nn1C. The van der Waals surface area contributed by atoms with E-state index in [9.17, 15) is 0 Å². The summed E-state index contributed by atoms with van der Waals surface area (Å²) in [6.45, 7) is 4.70. The van der Waals surface area contributed by atoms with Crippen LogP contribution in [0.5, 0.6) is 5.75 Å². The van der Waals surface area contributed by atoms with E-state index >= 15 is 0 Å². The molecule has 0 fully saturated rings. The number of aryl methyl sites for hydroxylation is 3. The molecule has 3 aromatic rings. The normalized spacial score (nSPS) is 12.2. The van der Waals surface area contributed by atoms with Gasteiger partial charge in [-0.15, -0.1) is 0 Å². The first-order valence-corrected chi connectivity index (χ1v) is 8.49. The van der Waals surface area contributed by atoms with Crippen molar-refractivity contribution in [3.05, 3.63) is 70.9 Å². The number of nitrogens with two attached hydrogens (primary N) is 1. The Labute approximate surface area is 149 Å². The maximum atomic E-state index is 6.17. The average Bonchev–Trinajstić information content (AvgIpc) is 3.01. The molecule has 0 amide bonds. The minimum atomic E-state index is 0.0317. The quantitative estimate of drug-likeness (QED) is 0.771. The second-order valence-electron chi connectivity index (χ2n) is 6.41. The smallest absolute Gasteiger partial charge is 0.123 e. The third kappa shape index (κ3) is 3.30. The summed E-state index contributed by atoms with van der Waals surface area (Å²) in [4.78, 5) is 0. The Bertz CT molecular complexity index is 868. The monoisotopic (exact) mass is 335 g/mol. The lowest BCUT2D eigenvalue weighted by molar-refractivity contribution is 0.406. The van der Waals surface area contributed by atoms with E-state index in [0.717, 1.165) is 28.3 Å². The number of hydrogen-bond donors (Lipinski definition) is 1. The van der Waals surface area contributed by atoms with Crippen LogP contribution < -0.4 is 10.5 Å². The highest BCUT2D eigenvalue weighted by atomic mass is 16.5. The third-order valence-electron chi connectivity index (χ3n) is 4.80. The zero-order valence-electron chi connectivity index (χ0n) is 15.3. The van der Waals surface area contributed by atoms with E-state index in [1.165, 1.54) is 11.1 Å². The first kappa shape index (κ1) is 17.2. The van der Waals surface area contributed by atoms with Gasteiger partial charge in [-0.25, -0.2) is 0 Å². The first-order valence-electron chi connectivity index (χ1n) is 8.49. The Morgan fingerprint density at radius 2 is 1.76 bits per heavy atom. The van der Waals surface area contributed by atoms with E-state index in [-0.39, 0.29) is 5.92 Å². The minimum Gasteiger partial charge on any atom is -0.496 e.